The lowest BCUT2D eigenvalue weighted by Gasteiger charge is -2.26. The number of morpholine rings is 1. The molecule has 0 amide bonds. The molecule has 1 saturated heterocycles. The van der Waals surface area contributed by atoms with Crippen LogP contribution in [0.15, 0.2) is 16.5 Å². The van der Waals surface area contributed by atoms with Gasteiger partial charge >= 0.3 is 5.97 Å². The molecule has 0 radical (unpaired) electrons. The van der Waals surface area contributed by atoms with Crippen LogP contribution in [0, 0.1) is 0 Å². The lowest BCUT2D eigenvalue weighted by Crippen LogP contribution is -2.45. The highest BCUT2D eigenvalue weighted by Gasteiger charge is 2.12. The molecule has 88 valence electrons. The van der Waals surface area contributed by atoms with Gasteiger partial charge in [-0.1, -0.05) is 0 Å². The van der Waals surface area contributed by atoms with Crippen LogP contribution in [-0.2, 0) is 11.3 Å². The van der Waals surface area contributed by atoms with E-state index in [1.54, 1.807) is 6.07 Å². The van der Waals surface area contributed by atoms with Crippen LogP contribution in [0.5, 0.6) is 0 Å². The zero-order valence-corrected chi connectivity index (χ0v) is 8.81. The number of hydrogen-bond donors (Lipinski definition) is 2. The molecule has 1 aliphatic rings. The molecule has 16 heavy (non-hydrogen) atoms. The normalized spacial score (nSPS) is 17.5. The maximum Gasteiger partial charge on any atom is 0.371 e. The number of furan rings is 1. The largest absolute Gasteiger partial charge is 0.475 e. The number of nitrogens with one attached hydrogen (secondary N) is 1. The van der Waals surface area contributed by atoms with Gasteiger partial charge in [0.2, 0.25) is 5.76 Å². The van der Waals surface area contributed by atoms with Gasteiger partial charge in [-0.05, 0) is 12.1 Å². The second-order valence-corrected chi connectivity index (χ2v) is 3.51. The van der Waals surface area contributed by atoms with Crippen molar-refractivity contribution >= 4 is 5.97 Å². The van der Waals surface area contributed by atoms with E-state index >= 15 is 0 Å². The van der Waals surface area contributed by atoms with Gasteiger partial charge in [0.25, 0.3) is 0 Å². The van der Waals surface area contributed by atoms with Crippen molar-refractivity contribution in [2.45, 2.75) is 6.54 Å². The van der Waals surface area contributed by atoms with Gasteiger partial charge in [-0.25, -0.2) is 15.2 Å². The number of ether oxygens (including phenoxy) is 1. The summed E-state index contributed by atoms with van der Waals surface area (Å²) in [5, 5.41) is 10.7. The highest BCUT2D eigenvalue weighted by molar-refractivity contribution is 5.84. The van der Waals surface area contributed by atoms with Crippen LogP contribution in [0.3, 0.4) is 0 Å². The Morgan fingerprint density at radius 1 is 1.44 bits per heavy atom. The SMILES string of the molecule is O=C(O)c1ccc(CNN2CCOCC2)o1. The average Bonchev–Trinajstić information content (AvgIpc) is 2.76. The molecule has 1 aromatic heterocycles. The summed E-state index contributed by atoms with van der Waals surface area (Å²) >= 11 is 0. The molecule has 0 aromatic carbocycles. The number of hydrogen-bond acceptors (Lipinski definition) is 5. The van der Waals surface area contributed by atoms with Crippen LogP contribution < -0.4 is 5.43 Å². The monoisotopic (exact) mass is 226 g/mol. The quantitative estimate of drug-likeness (QED) is 0.769. The van der Waals surface area contributed by atoms with Crippen LogP contribution in [0.1, 0.15) is 16.3 Å². The summed E-state index contributed by atoms with van der Waals surface area (Å²) < 4.78 is 10.3. The minimum absolute atomic E-state index is 0.0289. The van der Waals surface area contributed by atoms with Crippen molar-refractivity contribution in [2.24, 2.45) is 0 Å². The van der Waals surface area contributed by atoms with E-state index in [4.69, 9.17) is 14.3 Å². The van der Waals surface area contributed by atoms with Crippen LogP contribution in [-0.4, -0.2) is 42.4 Å². The number of hydrazine groups is 1. The maximum absolute atomic E-state index is 10.6. The summed E-state index contributed by atoms with van der Waals surface area (Å²) in [5.41, 5.74) is 3.16. The van der Waals surface area contributed by atoms with Crippen LogP contribution in [0.2, 0.25) is 0 Å². The summed E-state index contributed by atoms with van der Waals surface area (Å²) in [4.78, 5) is 10.6. The molecule has 0 aliphatic carbocycles. The van der Waals surface area contributed by atoms with E-state index in [2.05, 4.69) is 5.43 Å². The highest BCUT2D eigenvalue weighted by Crippen LogP contribution is 2.07. The third-order valence-electron chi connectivity index (χ3n) is 2.36. The molecule has 1 aliphatic heterocycles. The number of nitrogens with zero attached hydrogens (tertiary/aromatic N) is 1. The molecular formula is C10H14N2O4. The minimum atomic E-state index is -1.04. The summed E-state index contributed by atoms with van der Waals surface area (Å²) in [5.74, 6) is -0.458. The Morgan fingerprint density at radius 3 is 2.81 bits per heavy atom. The van der Waals surface area contributed by atoms with Gasteiger partial charge in [-0.3, -0.25) is 0 Å². The van der Waals surface area contributed by atoms with Crippen molar-refractivity contribution in [1.29, 1.82) is 0 Å². The van der Waals surface area contributed by atoms with Crippen molar-refractivity contribution in [2.75, 3.05) is 26.3 Å². The Morgan fingerprint density at radius 2 is 2.19 bits per heavy atom. The Bertz CT molecular complexity index is 357. The van der Waals surface area contributed by atoms with E-state index in [0.717, 1.165) is 13.1 Å². The van der Waals surface area contributed by atoms with Gasteiger partial charge in [0.15, 0.2) is 0 Å². The molecule has 0 saturated carbocycles. The second-order valence-electron chi connectivity index (χ2n) is 3.51. The summed E-state index contributed by atoms with van der Waals surface area (Å²) in [7, 11) is 0. The third kappa shape index (κ3) is 2.82. The van der Waals surface area contributed by atoms with Crippen LogP contribution >= 0.6 is 0 Å². The van der Waals surface area contributed by atoms with E-state index in [-0.39, 0.29) is 5.76 Å². The first-order valence-corrected chi connectivity index (χ1v) is 5.14. The number of rotatable bonds is 4. The average molecular weight is 226 g/mol. The van der Waals surface area contributed by atoms with Crippen LogP contribution in [0.25, 0.3) is 0 Å². The fourth-order valence-electron chi connectivity index (χ4n) is 1.50. The lowest BCUT2D eigenvalue weighted by atomic mass is 10.4. The number of aromatic carboxylic acids is 1. The highest BCUT2D eigenvalue weighted by atomic mass is 16.5. The predicted molar refractivity (Wildman–Crippen MR) is 54.9 cm³/mol. The second kappa shape index (κ2) is 5.11. The number of carboxylic acids is 1. The van der Waals surface area contributed by atoms with Gasteiger partial charge < -0.3 is 14.3 Å². The summed E-state index contributed by atoms with van der Waals surface area (Å²) in [6.07, 6.45) is 0. The molecule has 0 spiro atoms. The lowest BCUT2D eigenvalue weighted by molar-refractivity contribution is 0.00937. The Hall–Kier alpha value is -1.37. The Labute approximate surface area is 92.8 Å². The van der Waals surface area contributed by atoms with E-state index in [0.29, 0.717) is 25.5 Å². The zero-order chi connectivity index (χ0) is 11.4. The Kier molecular flexibility index (Phi) is 3.55. The summed E-state index contributed by atoms with van der Waals surface area (Å²) in [6, 6.07) is 3.12. The van der Waals surface area contributed by atoms with E-state index in [1.807, 2.05) is 5.01 Å². The predicted octanol–water partition coefficient (Wildman–Crippen LogP) is 0.315. The molecular weight excluding hydrogens is 212 g/mol. The van der Waals surface area contributed by atoms with Gasteiger partial charge in [-0.15, -0.1) is 0 Å². The minimum Gasteiger partial charge on any atom is -0.475 e. The molecule has 0 atom stereocenters. The topological polar surface area (TPSA) is 74.9 Å². The Balaban J connectivity index is 1.81. The first-order chi connectivity index (χ1) is 7.75. The first kappa shape index (κ1) is 11.1. The van der Waals surface area contributed by atoms with Crippen molar-refractivity contribution in [1.82, 2.24) is 10.4 Å². The van der Waals surface area contributed by atoms with Gasteiger partial charge in [0.1, 0.15) is 5.76 Å². The smallest absolute Gasteiger partial charge is 0.371 e. The molecule has 1 aromatic rings. The zero-order valence-electron chi connectivity index (χ0n) is 8.81. The standard InChI is InChI=1S/C10H14N2O4/c13-10(14)9-2-1-8(16-9)7-11-12-3-5-15-6-4-12/h1-2,11H,3-7H2,(H,13,14). The van der Waals surface area contributed by atoms with Gasteiger partial charge in [-0.2, -0.15) is 0 Å². The fraction of sp³-hybridized carbons (Fsp3) is 0.500. The molecule has 2 N–H and O–H groups in total. The van der Waals surface area contributed by atoms with Gasteiger partial charge in [0, 0.05) is 13.1 Å². The first-order valence-electron chi connectivity index (χ1n) is 5.14. The third-order valence-corrected chi connectivity index (χ3v) is 2.36. The number of carbonyl (C=O) groups is 1. The van der Waals surface area contributed by atoms with Crippen molar-refractivity contribution in [3.05, 3.63) is 23.7 Å². The molecule has 0 unspecified atom stereocenters. The molecule has 0 bridgehead atoms. The van der Waals surface area contributed by atoms with Crippen molar-refractivity contribution in [3.8, 4) is 0 Å². The molecule has 2 heterocycles. The van der Waals surface area contributed by atoms with Gasteiger partial charge in [0.05, 0.1) is 19.8 Å². The van der Waals surface area contributed by atoms with Crippen molar-refractivity contribution < 1.29 is 19.1 Å². The fourth-order valence-corrected chi connectivity index (χ4v) is 1.50. The molecule has 1 fully saturated rings. The van der Waals surface area contributed by atoms with E-state index in [1.165, 1.54) is 6.07 Å². The number of carboxylic acid groups (broad SMARTS) is 1. The van der Waals surface area contributed by atoms with Crippen LogP contribution in [0.4, 0.5) is 0 Å². The molecule has 6 nitrogen and oxygen atoms in total. The van der Waals surface area contributed by atoms with E-state index in [9.17, 15) is 4.79 Å². The maximum atomic E-state index is 10.6. The van der Waals surface area contributed by atoms with Crippen molar-refractivity contribution in [3.63, 3.8) is 0 Å². The summed E-state index contributed by atoms with van der Waals surface area (Å²) in [6.45, 7) is 3.57. The van der Waals surface area contributed by atoms with E-state index < -0.39 is 5.97 Å². The molecule has 2 rings (SSSR count). The molecule has 6 heteroatoms.